The summed E-state index contributed by atoms with van der Waals surface area (Å²) in [6, 6.07) is 5.51. The van der Waals surface area contributed by atoms with Crippen LogP contribution in [0, 0.1) is 0 Å². The second-order valence-corrected chi connectivity index (χ2v) is 5.58. The van der Waals surface area contributed by atoms with Crippen LogP contribution in [0.1, 0.15) is 0 Å². The first-order valence-corrected chi connectivity index (χ1v) is 8.09. The molecule has 0 amide bonds. The molecule has 0 saturated heterocycles. The number of rotatable bonds is 8. The molecule has 2 rings (SSSR count). The van der Waals surface area contributed by atoms with Crippen molar-refractivity contribution in [2.45, 2.75) is 11.7 Å². The Morgan fingerprint density at radius 3 is 2.62 bits per heavy atom. The van der Waals surface area contributed by atoms with E-state index in [0.717, 1.165) is 5.56 Å². The summed E-state index contributed by atoms with van der Waals surface area (Å²) in [5, 5.41) is 9.02. The average molecular weight is 349 g/mol. The van der Waals surface area contributed by atoms with Gasteiger partial charge in [0.15, 0.2) is 22.5 Å². The van der Waals surface area contributed by atoms with Crippen LogP contribution < -0.4 is 9.47 Å². The number of ether oxygens (including phenoxy) is 3. The van der Waals surface area contributed by atoms with Crippen LogP contribution in [0.3, 0.4) is 0 Å². The van der Waals surface area contributed by atoms with E-state index in [-0.39, 0.29) is 11.7 Å². The van der Waals surface area contributed by atoms with Gasteiger partial charge in [-0.2, -0.15) is 0 Å². The van der Waals surface area contributed by atoms with Crippen LogP contribution in [0.25, 0.3) is 11.4 Å². The Hall–Kier alpha value is -2.48. The topological polar surface area (TPSA) is 75.5 Å². The summed E-state index contributed by atoms with van der Waals surface area (Å²) in [5.74, 6) is 1.74. The summed E-state index contributed by atoms with van der Waals surface area (Å²) in [7, 11) is 4.51. The predicted octanol–water partition coefficient (Wildman–Crippen LogP) is 2.41. The lowest BCUT2D eigenvalue weighted by molar-refractivity contribution is -0.137. The molecule has 0 atom stereocenters. The highest BCUT2D eigenvalue weighted by Crippen LogP contribution is 2.32. The first-order chi connectivity index (χ1) is 11.6. The van der Waals surface area contributed by atoms with Gasteiger partial charge in [-0.1, -0.05) is 17.8 Å². The van der Waals surface area contributed by atoms with Gasteiger partial charge in [0.1, 0.15) is 0 Å². The molecule has 1 heterocycles. The van der Waals surface area contributed by atoms with Crippen LogP contribution in [0.5, 0.6) is 11.5 Å². The number of carbonyl (C=O) groups is 1. The predicted molar refractivity (Wildman–Crippen MR) is 91.5 cm³/mol. The quantitative estimate of drug-likeness (QED) is 0.411. The number of hydrogen-bond acceptors (Lipinski definition) is 7. The minimum absolute atomic E-state index is 0.164. The third kappa shape index (κ3) is 3.88. The maximum absolute atomic E-state index is 11.3. The van der Waals surface area contributed by atoms with E-state index in [1.807, 2.05) is 22.8 Å². The fraction of sp³-hybridized carbons (Fsp3) is 0.312. The van der Waals surface area contributed by atoms with Crippen molar-refractivity contribution in [1.29, 1.82) is 0 Å². The number of esters is 1. The van der Waals surface area contributed by atoms with Crippen LogP contribution >= 0.6 is 11.8 Å². The number of thioether (sulfide) groups is 1. The fourth-order valence-corrected chi connectivity index (χ4v) is 2.84. The smallest absolute Gasteiger partial charge is 0.316 e. The molecule has 2 aromatic rings. The number of methoxy groups -OCH3 is 3. The minimum Gasteiger partial charge on any atom is -0.493 e. The Labute approximate surface area is 144 Å². The Morgan fingerprint density at radius 2 is 2.00 bits per heavy atom. The summed E-state index contributed by atoms with van der Waals surface area (Å²) in [5.41, 5.74) is 0.826. The van der Waals surface area contributed by atoms with Gasteiger partial charge in [0.05, 0.1) is 27.1 Å². The van der Waals surface area contributed by atoms with E-state index in [0.29, 0.717) is 29.0 Å². The van der Waals surface area contributed by atoms with Crippen molar-refractivity contribution >= 4 is 17.7 Å². The molecule has 0 N–H and O–H groups in total. The molecule has 128 valence electrons. The zero-order valence-electron chi connectivity index (χ0n) is 13.8. The molecule has 0 unspecified atom stereocenters. The van der Waals surface area contributed by atoms with Crippen LogP contribution in [0.4, 0.5) is 0 Å². The van der Waals surface area contributed by atoms with Crippen molar-refractivity contribution in [3.05, 3.63) is 30.9 Å². The van der Waals surface area contributed by atoms with Crippen molar-refractivity contribution in [3.63, 3.8) is 0 Å². The van der Waals surface area contributed by atoms with E-state index >= 15 is 0 Å². The van der Waals surface area contributed by atoms with Gasteiger partial charge in [-0.15, -0.1) is 16.8 Å². The van der Waals surface area contributed by atoms with Gasteiger partial charge in [0.2, 0.25) is 0 Å². The highest BCUT2D eigenvalue weighted by atomic mass is 32.2. The fourth-order valence-electron chi connectivity index (χ4n) is 2.06. The summed E-state index contributed by atoms with van der Waals surface area (Å²) in [4.78, 5) is 11.3. The second kappa shape index (κ2) is 8.39. The average Bonchev–Trinajstić information content (AvgIpc) is 3.02. The lowest BCUT2D eigenvalue weighted by Gasteiger charge is -2.11. The van der Waals surface area contributed by atoms with Crippen molar-refractivity contribution in [1.82, 2.24) is 14.8 Å². The first kappa shape index (κ1) is 17.9. The molecule has 0 aliphatic carbocycles. The van der Waals surface area contributed by atoms with E-state index in [1.54, 1.807) is 20.3 Å². The third-order valence-electron chi connectivity index (χ3n) is 3.22. The van der Waals surface area contributed by atoms with Crippen LogP contribution in [0.2, 0.25) is 0 Å². The normalized spacial score (nSPS) is 10.3. The van der Waals surface area contributed by atoms with Gasteiger partial charge in [-0.25, -0.2) is 0 Å². The van der Waals surface area contributed by atoms with Gasteiger partial charge < -0.3 is 14.2 Å². The van der Waals surface area contributed by atoms with Gasteiger partial charge in [0, 0.05) is 12.1 Å². The van der Waals surface area contributed by atoms with Gasteiger partial charge in [-0.3, -0.25) is 9.36 Å². The summed E-state index contributed by atoms with van der Waals surface area (Å²) < 4.78 is 17.1. The highest BCUT2D eigenvalue weighted by Gasteiger charge is 2.16. The first-order valence-electron chi connectivity index (χ1n) is 7.10. The monoisotopic (exact) mass is 349 g/mol. The standard InChI is InChI=1S/C16H19N3O4S/c1-5-8-19-15(17-18-16(19)24-10-14(20)23-4)11-6-7-12(21-2)13(9-11)22-3/h5-7,9H,1,8,10H2,2-4H3. The molecule has 0 aliphatic heterocycles. The third-order valence-corrected chi connectivity index (χ3v) is 4.16. The molecule has 0 saturated carbocycles. The highest BCUT2D eigenvalue weighted by molar-refractivity contribution is 7.99. The van der Waals surface area contributed by atoms with E-state index in [4.69, 9.17) is 9.47 Å². The van der Waals surface area contributed by atoms with Crippen LogP contribution in [-0.4, -0.2) is 47.8 Å². The van der Waals surface area contributed by atoms with Crippen LogP contribution in [-0.2, 0) is 16.1 Å². The molecule has 0 fully saturated rings. The van der Waals surface area contributed by atoms with E-state index in [1.165, 1.54) is 18.9 Å². The largest absolute Gasteiger partial charge is 0.493 e. The van der Waals surface area contributed by atoms with Crippen molar-refractivity contribution in [3.8, 4) is 22.9 Å². The zero-order valence-corrected chi connectivity index (χ0v) is 14.6. The Morgan fingerprint density at radius 1 is 1.25 bits per heavy atom. The Bertz CT molecular complexity index is 730. The molecule has 0 spiro atoms. The zero-order chi connectivity index (χ0) is 17.5. The van der Waals surface area contributed by atoms with Crippen molar-refractivity contribution < 1.29 is 19.0 Å². The van der Waals surface area contributed by atoms with Crippen LogP contribution in [0.15, 0.2) is 36.0 Å². The summed E-state index contributed by atoms with van der Waals surface area (Å²) >= 11 is 1.26. The lowest BCUT2D eigenvalue weighted by atomic mass is 10.2. The van der Waals surface area contributed by atoms with Gasteiger partial charge in [-0.05, 0) is 18.2 Å². The molecule has 24 heavy (non-hydrogen) atoms. The molecule has 0 aliphatic rings. The minimum atomic E-state index is -0.319. The molecule has 0 radical (unpaired) electrons. The SMILES string of the molecule is C=CCn1c(SCC(=O)OC)nnc1-c1ccc(OC)c(OC)c1. The second-order valence-electron chi connectivity index (χ2n) is 4.64. The van der Waals surface area contributed by atoms with Crippen molar-refractivity contribution in [2.24, 2.45) is 0 Å². The van der Waals surface area contributed by atoms with E-state index < -0.39 is 0 Å². The number of carbonyl (C=O) groups excluding carboxylic acids is 1. The molecule has 1 aromatic carbocycles. The molecule has 1 aromatic heterocycles. The van der Waals surface area contributed by atoms with E-state index in [9.17, 15) is 4.79 Å². The number of hydrogen-bond donors (Lipinski definition) is 0. The number of benzene rings is 1. The van der Waals surface area contributed by atoms with E-state index in [2.05, 4.69) is 21.5 Å². The summed E-state index contributed by atoms with van der Waals surface area (Å²) in [6.07, 6.45) is 1.75. The van der Waals surface area contributed by atoms with Gasteiger partial charge in [0.25, 0.3) is 0 Å². The maximum atomic E-state index is 11.3. The Balaban J connectivity index is 2.37. The molecular formula is C16H19N3O4S. The molecule has 8 heteroatoms. The number of allylic oxidation sites excluding steroid dienone is 1. The lowest BCUT2D eigenvalue weighted by Crippen LogP contribution is -2.06. The summed E-state index contributed by atoms with van der Waals surface area (Å²) in [6.45, 7) is 4.28. The molecular weight excluding hydrogens is 330 g/mol. The molecule has 0 bridgehead atoms. The number of aromatic nitrogens is 3. The number of nitrogens with zero attached hydrogens (tertiary/aromatic N) is 3. The Kier molecular flexibility index (Phi) is 6.25. The maximum Gasteiger partial charge on any atom is 0.316 e. The molecule has 7 nitrogen and oxygen atoms in total. The van der Waals surface area contributed by atoms with Gasteiger partial charge >= 0.3 is 5.97 Å². The van der Waals surface area contributed by atoms with Crippen molar-refractivity contribution in [2.75, 3.05) is 27.1 Å².